The molecule has 3 aliphatic rings. The molecule has 2 aliphatic carbocycles. The van der Waals surface area contributed by atoms with Crippen molar-refractivity contribution < 1.29 is 9.59 Å². The Balaban J connectivity index is 1.62. The number of carbonyl (C=O) groups excluding carboxylic acids is 2. The fraction of sp³-hybridized carbons (Fsp3) is 0.850. The third-order valence-electron chi connectivity index (χ3n) is 6.50. The van der Waals surface area contributed by atoms with Crippen molar-refractivity contribution in [2.75, 3.05) is 13.6 Å². The fourth-order valence-corrected chi connectivity index (χ4v) is 4.92. The van der Waals surface area contributed by atoms with Crippen LogP contribution in [-0.2, 0) is 9.59 Å². The smallest absolute Gasteiger partial charge is 0.258 e. The fourth-order valence-electron chi connectivity index (χ4n) is 4.92. The first-order valence-corrected chi connectivity index (χ1v) is 10.4. The third-order valence-corrected chi connectivity index (χ3v) is 6.50. The summed E-state index contributed by atoms with van der Waals surface area (Å²) in [6.45, 7) is 0.277. The van der Waals surface area contributed by atoms with Crippen molar-refractivity contribution >= 4 is 17.8 Å². The topological polar surface area (TPSA) is 87.8 Å². The van der Waals surface area contributed by atoms with Gasteiger partial charge in [-0.2, -0.15) is 0 Å². The maximum absolute atomic E-state index is 12.9. The lowest BCUT2D eigenvalue weighted by Crippen LogP contribution is -2.50. The van der Waals surface area contributed by atoms with Gasteiger partial charge in [-0.3, -0.25) is 14.5 Å². The number of rotatable bonds is 6. The average molecular weight is 363 g/mol. The highest BCUT2D eigenvalue weighted by Gasteiger charge is 2.47. The number of nitrogens with two attached hydrogens (primary N) is 1. The average Bonchev–Trinajstić information content (AvgIpc) is 2.86. The number of aliphatic imine (C=N–C) groups is 1. The van der Waals surface area contributed by atoms with Crippen LogP contribution in [0.1, 0.15) is 77.0 Å². The van der Waals surface area contributed by atoms with Crippen molar-refractivity contribution in [3.05, 3.63) is 0 Å². The molecule has 2 fully saturated rings. The van der Waals surface area contributed by atoms with E-state index in [-0.39, 0.29) is 24.3 Å². The minimum Gasteiger partial charge on any atom is -0.369 e. The molecule has 0 aromatic rings. The van der Waals surface area contributed by atoms with Crippen molar-refractivity contribution in [2.45, 2.75) is 82.6 Å². The summed E-state index contributed by atoms with van der Waals surface area (Å²) in [5, 5.41) is 3.02. The van der Waals surface area contributed by atoms with E-state index >= 15 is 0 Å². The molecular formula is C20H34N4O2. The Bertz CT molecular complexity index is 550. The molecule has 2 amide bonds. The summed E-state index contributed by atoms with van der Waals surface area (Å²) in [5.41, 5.74) is 5.05. The van der Waals surface area contributed by atoms with Crippen molar-refractivity contribution in [1.29, 1.82) is 0 Å². The van der Waals surface area contributed by atoms with Crippen molar-refractivity contribution in [2.24, 2.45) is 22.6 Å². The second-order valence-electron chi connectivity index (χ2n) is 8.56. The highest BCUT2D eigenvalue weighted by atomic mass is 16.2. The predicted octanol–water partition coefficient (Wildman–Crippen LogP) is 2.57. The summed E-state index contributed by atoms with van der Waals surface area (Å²) in [6.07, 6.45) is 13.3. The Morgan fingerprint density at radius 3 is 2.23 bits per heavy atom. The molecule has 1 unspecified atom stereocenters. The molecule has 0 saturated heterocycles. The van der Waals surface area contributed by atoms with E-state index in [1.165, 1.54) is 43.4 Å². The lowest BCUT2D eigenvalue weighted by Gasteiger charge is -2.31. The standard InChI is InChI=1S/C20H34N4O2/c1-24-18(26)20(23-19(24)21,13-16-10-6-3-7-11-16)14-22-17(25)12-15-8-4-2-5-9-15/h15-16H,2-14H2,1H3,(H2,21,23)(H,22,25). The van der Waals surface area contributed by atoms with E-state index in [9.17, 15) is 9.59 Å². The van der Waals surface area contributed by atoms with Gasteiger partial charge in [0.2, 0.25) is 5.91 Å². The maximum Gasteiger partial charge on any atom is 0.258 e. The number of guanidine groups is 1. The van der Waals surface area contributed by atoms with Gasteiger partial charge in [0.05, 0.1) is 6.54 Å². The van der Waals surface area contributed by atoms with Crippen molar-refractivity contribution in [3.63, 3.8) is 0 Å². The van der Waals surface area contributed by atoms with Gasteiger partial charge >= 0.3 is 0 Å². The van der Waals surface area contributed by atoms with Crippen LogP contribution in [-0.4, -0.2) is 41.8 Å². The summed E-state index contributed by atoms with van der Waals surface area (Å²) >= 11 is 0. The number of hydrogen-bond acceptors (Lipinski definition) is 4. The van der Waals surface area contributed by atoms with Crippen LogP contribution in [0, 0.1) is 11.8 Å². The zero-order valence-electron chi connectivity index (χ0n) is 16.1. The van der Waals surface area contributed by atoms with E-state index in [0.717, 1.165) is 25.7 Å². The quantitative estimate of drug-likeness (QED) is 0.761. The van der Waals surface area contributed by atoms with E-state index in [0.29, 0.717) is 24.7 Å². The molecule has 1 aliphatic heterocycles. The first kappa shape index (κ1) is 19.2. The minimum absolute atomic E-state index is 0.0519. The van der Waals surface area contributed by atoms with E-state index in [1.54, 1.807) is 7.05 Å². The molecule has 2 saturated carbocycles. The zero-order chi connectivity index (χ0) is 18.6. The van der Waals surface area contributed by atoms with Crippen LogP contribution >= 0.6 is 0 Å². The van der Waals surface area contributed by atoms with E-state index < -0.39 is 5.54 Å². The van der Waals surface area contributed by atoms with Crippen molar-refractivity contribution in [1.82, 2.24) is 10.2 Å². The predicted molar refractivity (Wildman–Crippen MR) is 103 cm³/mol. The first-order valence-electron chi connectivity index (χ1n) is 10.4. The molecule has 6 nitrogen and oxygen atoms in total. The van der Waals surface area contributed by atoms with E-state index in [1.807, 2.05) is 0 Å². The van der Waals surface area contributed by atoms with Gasteiger partial charge in [-0.25, -0.2) is 4.99 Å². The Kier molecular flexibility index (Phi) is 6.20. The molecule has 6 heteroatoms. The Morgan fingerprint density at radius 2 is 1.69 bits per heavy atom. The zero-order valence-corrected chi connectivity index (χ0v) is 16.1. The molecule has 0 aromatic heterocycles. The number of hydrogen-bond donors (Lipinski definition) is 2. The van der Waals surface area contributed by atoms with Crippen LogP contribution in [0.4, 0.5) is 0 Å². The second-order valence-corrected chi connectivity index (χ2v) is 8.56. The largest absolute Gasteiger partial charge is 0.369 e. The van der Waals surface area contributed by atoms with Crippen LogP contribution in [0.3, 0.4) is 0 Å². The first-order chi connectivity index (χ1) is 12.5. The van der Waals surface area contributed by atoms with E-state index in [4.69, 9.17) is 5.73 Å². The van der Waals surface area contributed by atoms with Gasteiger partial charge in [-0.05, 0) is 31.1 Å². The van der Waals surface area contributed by atoms with E-state index in [2.05, 4.69) is 10.3 Å². The van der Waals surface area contributed by atoms with Gasteiger partial charge in [0.1, 0.15) is 0 Å². The number of nitrogens with zero attached hydrogens (tertiary/aromatic N) is 2. The van der Waals surface area contributed by atoms with Gasteiger partial charge in [-0.1, -0.05) is 51.4 Å². The Labute approximate surface area is 157 Å². The molecule has 0 spiro atoms. The SMILES string of the molecule is CN1C(=O)C(CNC(=O)CC2CCCCC2)(CC2CCCCC2)N=C1N. The highest BCUT2D eigenvalue weighted by Crippen LogP contribution is 2.35. The molecule has 1 heterocycles. The lowest BCUT2D eigenvalue weighted by atomic mass is 9.79. The number of carbonyl (C=O) groups is 2. The summed E-state index contributed by atoms with van der Waals surface area (Å²) < 4.78 is 0. The summed E-state index contributed by atoms with van der Waals surface area (Å²) in [4.78, 5) is 31.3. The molecule has 0 radical (unpaired) electrons. The minimum atomic E-state index is -0.900. The number of nitrogens with one attached hydrogen (secondary N) is 1. The van der Waals surface area contributed by atoms with Gasteiger partial charge in [0.15, 0.2) is 11.5 Å². The number of likely N-dealkylation sites (N-methyl/N-ethyl adjacent to an activating group) is 1. The third kappa shape index (κ3) is 4.38. The molecule has 3 rings (SSSR count). The molecular weight excluding hydrogens is 328 g/mol. The summed E-state index contributed by atoms with van der Waals surface area (Å²) in [5.74, 6) is 1.24. The Morgan fingerprint density at radius 1 is 1.12 bits per heavy atom. The van der Waals surface area contributed by atoms with Crippen molar-refractivity contribution in [3.8, 4) is 0 Å². The number of amides is 2. The van der Waals surface area contributed by atoms with Crippen LogP contribution < -0.4 is 11.1 Å². The normalized spacial score (nSPS) is 28.3. The van der Waals surface area contributed by atoms with Gasteiger partial charge in [-0.15, -0.1) is 0 Å². The molecule has 1 atom stereocenters. The molecule has 0 aromatic carbocycles. The van der Waals surface area contributed by atoms with Crippen LogP contribution in [0.15, 0.2) is 4.99 Å². The molecule has 146 valence electrons. The summed E-state index contributed by atoms with van der Waals surface area (Å²) in [7, 11) is 1.67. The molecule has 3 N–H and O–H groups in total. The van der Waals surface area contributed by atoms with Crippen LogP contribution in [0.25, 0.3) is 0 Å². The molecule has 26 heavy (non-hydrogen) atoms. The van der Waals surface area contributed by atoms with Crippen LogP contribution in [0.2, 0.25) is 0 Å². The van der Waals surface area contributed by atoms with Gasteiger partial charge in [0.25, 0.3) is 5.91 Å². The second kappa shape index (κ2) is 8.40. The van der Waals surface area contributed by atoms with Crippen LogP contribution in [0.5, 0.6) is 0 Å². The maximum atomic E-state index is 12.9. The van der Waals surface area contributed by atoms with Gasteiger partial charge < -0.3 is 11.1 Å². The highest BCUT2D eigenvalue weighted by molar-refractivity contribution is 6.06. The Hall–Kier alpha value is -1.59. The molecule has 0 bridgehead atoms. The lowest BCUT2D eigenvalue weighted by molar-refractivity contribution is -0.131. The monoisotopic (exact) mass is 362 g/mol. The summed E-state index contributed by atoms with van der Waals surface area (Å²) in [6, 6.07) is 0. The van der Waals surface area contributed by atoms with Gasteiger partial charge in [0, 0.05) is 13.5 Å².